The lowest BCUT2D eigenvalue weighted by atomic mass is 9.64. The highest BCUT2D eigenvalue weighted by Gasteiger charge is 2.53. The molecule has 0 spiro atoms. The van der Waals surface area contributed by atoms with Crippen LogP contribution in [0.1, 0.15) is 37.7 Å². The van der Waals surface area contributed by atoms with E-state index < -0.39 is 21.7 Å². The second kappa shape index (κ2) is 9.79. The lowest BCUT2D eigenvalue weighted by molar-refractivity contribution is -0.142. The Hall–Kier alpha value is -2.49. The first kappa shape index (κ1) is 25.1. The molecule has 2 unspecified atom stereocenters. The summed E-state index contributed by atoms with van der Waals surface area (Å²) < 4.78 is 39.1. The molecule has 0 amide bonds. The van der Waals surface area contributed by atoms with Crippen molar-refractivity contribution in [3.63, 3.8) is 0 Å². The molecule has 2 N–H and O–H groups in total. The Morgan fingerprint density at radius 2 is 1.70 bits per heavy atom. The van der Waals surface area contributed by atoms with Crippen LogP contribution in [-0.4, -0.2) is 40.7 Å². The summed E-state index contributed by atoms with van der Waals surface area (Å²) in [6.07, 6.45) is 3.54. The summed E-state index contributed by atoms with van der Waals surface area (Å²) in [5.74, 6) is 0.512. The van der Waals surface area contributed by atoms with Gasteiger partial charge < -0.3 is 18.6 Å². The first-order chi connectivity index (χ1) is 15.3. The van der Waals surface area contributed by atoms with Gasteiger partial charge >= 0.3 is 16.3 Å². The summed E-state index contributed by atoms with van der Waals surface area (Å²) in [7, 11) is -1.26. The molecule has 0 radical (unpaired) electrons. The molecule has 33 heavy (non-hydrogen) atoms. The van der Waals surface area contributed by atoms with Crippen LogP contribution in [0.3, 0.4) is 0 Å². The van der Waals surface area contributed by atoms with Crippen molar-refractivity contribution in [1.29, 1.82) is 0 Å². The summed E-state index contributed by atoms with van der Waals surface area (Å²) in [6.45, 7) is 0. The molecule has 2 heterocycles. The molecule has 2 aromatic rings. The van der Waals surface area contributed by atoms with E-state index in [2.05, 4.69) is 4.90 Å². The first-order valence-electron chi connectivity index (χ1n) is 10.6. The van der Waals surface area contributed by atoms with E-state index in [-0.39, 0.29) is 24.5 Å². The van der Waals surface area contributed by atoms with Gasteiger partial charge in [-0.05, 0) is 61.9 Å². The lowest BCUT2D eigenvalue weighted by Crippen LogP contribution is -2.60. The molecule has 2 fully saturated rings. The third kappa shape index (κ3) is 4.90. The topological polar surface area (TPSA) is 108 Å². The molecule has 2 aromatic carbocycles. The number of benzene rings is 2. The lowest BCUT2D eigenvalue weighted by Gasteiger charge is -2.54. The smallest absolute Gasteiger partial charge is 0.382 e. The van der Waals surface area contributed by atoms with E-state index in [1.807, 2.05) is 30.3 Å². The van der Waals surface area contributed by atoms with Crippen LogP contribution in [0, 0.1) is 0 Å². The minimum atomic E-state index is -4.45. The van der Waals surface area contributed by atoms with Gasteiger partial charge in [-0.1, -0.05) is 24.3 Å². The molecular formula is C23H29ClN2O6S. The van der Waals surface area contributed by atoms with Gasteiger partial charge in [0.1, 0.15) is 11.5 Å². The number of carbonyl (C=O) groups excluding carboxylic acids is 1. The Morgan fingerprint density at radius 1 is 1.03 bits per heavy atom. The Bertz CT molecular complexity index is 1100. The second-order valence-electron chi connectivity index (χ2n) is 8.40. The number of rotatable bonds is 6. The molecule has 2 saturated heterocycles. The number of nitrogens with two attached hydrogens (primary N) is 1. The van der Waals surface area contributed by atoms with Gasteiger partial charge in [0.25, 0.3) is 0 Å². The fourth-order valence-electron chi connectivity index (χ4n) is 5.32. The van der Waals surface area contributed by atoms with Gasteiger partial charge in [-0.2, -0.15) is 13.6 Å². The molecule has 2 bridgehead atoms. The first-order valence-corrected chi connectivity index (χ1v) is 12.1. The van der Waals surface area contributed by atoms with Crippen molar-refractivity contribution in [2.45, 2.75) is 49.6 Å². The Balaban J connectivity index is 0.00000306. The zero-order chi connectivity index (χ0) is 22.9. The molecule has 0 saturated carbocycles. The van der Waals surface area contributed by atoms with Crippen LogP contribution < -0.4 is 19.5 Å². The largest absolute Gasteiger partial charge is 0.497 e. The molecule has 4 rings (SSSR count). The normalized spacial score (nSPS) is 24.4. The molecular weight excluding hydrogens is 468 g/mol. The van der Waals surface area contributed by atoms with Crippen molar-refractivity contribution < 1.29 is 26.9 Å². The van der Waals surface area contributed by atoms with E-state index >= 15 is 0 Å². The SMILES string of the molecule is COc1cccc(C2(C(=O)OS(N)(=O)=O)CC3CCCC(C2)N3c2ccccc2OC)c1.Cl. The van der Waals surface area contributed by atoms with Crippen molar-refractivity contribution in [3.8, 4) is 11.5 Å². The van der Waals surface area contributed by atoms with E-state index in [1.54, 1.807) is 32.4 Å². The second-order valence-corrected chi connectivity index (χ2v) is 9.56. The van der Waals surface area contributed by atoms with E-state index in [1.165, 1.54) is 0 Å². The number of ether oxygens (including phenoxy) is 2. The average Bonchev–Trinajstić information content (AvgIpc) is 2.77. The van der Waals surface area contributed by atoms with Crippen molar-refractivity contribution in [2.75, 3.05) is 19.1 Å². The zero-order valence-electron chi connectivity index (χ0n) is 18.6. The Kier molecular flexibility index (Phi) is 7.45. The van der Waals surface area contributed by atoms with Crippen LogP contribution in [0.2, 0.25) is 0 Å². The molecule has 10 heteroatoms. The number of hydrogen-bond acceptors (Lipinski definition) is 7. The third-order valence-corrected chi connectivity index (χ3v) is 6.98. The van der Waals surface area contributed by atoms with Crippen LogP contribution >= 0.6 is 12.4 Å². The molecule has 0 aliphatic carbocycles. The number of methoxy groups -OCH3 is 2. The van der Waals surface area contributed by atoms with Gasteiger partial charge in [-0.15, -0.1) is 12.4 Å². The summed E-state index contributed by atoms with van der Waals surface area (Å²) in [5, 5.41) is 5.09. The highest BCUT2D eigenvalue weighted by atomic mass is 35.5. The van der Waals surface area contributed by atoms with E-state index in [9.17, 15) is 13.2 Å². The maximum atomic E-state index is 13.4. The number of fused-ring (bicyclic) bond motifs is 2. The monoisotopic (exact) mass is 496 g/mol. The zero-order valence-corrected chi connectivity index (χ0v) is 20.2. The fourth-order valence-corrected chi connectivity index (χ4v) is 5.69. The summed E-state index contributed by atoms with van der Waals surface area (Å²) in [6, 6.07) is 15.0. The van der Waals surface area contributed by atoms with Gasteiger partial charge in [0.2, 0.25) is 0 Å². The predicted octanol–water partition coefficient (Wildman–Crippen LogP) is 3.33. The maximum absolute atomic E-state index is 13.4. The van der Waals surface area contributed by atoms with Gasteiger partial charge in [0, 0.05) is 12.1 Å². The third-order valence-electron chi connectivity index (χ3n) is 6.60. The number of carbonyl (C=O) groups is 1. The quantitative estimate of drug-likeness (QED) is 0.653. The van der Waals surface area contributed by atoms with Gasteiger partial charge in [-0.25, -0.2) is 4.79 Å². The van der Waals surface area contributed by atoms with Gasteiger partial charge in [-0.3, -0.25) is 0 Å². The number of anilines is 1. The minimum Gasteiger partial charge on any atom is -0.497 e. The van der Waals surface area contributed by atoms with Crippen LogP contribution in [0.5, 0.6) is 11.5 Å². The van der Waals surface area contributed by atoms with Crippen molar-refractivity contribution >= 4 is 34.4 Å². The standard InChI is InChI=1S/C23H28N2O6S.ClH/c1-29-19-10-5-7-16(13-19)23(22(26)31-32(24,27)28)14-17-8-6-9-18(15-23)25(17)20-11-3-4-12-21(20)30-2;/h3-5,7,10-13,17-18H,6,8-9,14-15H2,1-2H3,(H2,24,27,28);1H. The number of hydrogen-bond donors (Lipinski definition) is 1. The highest BCUT2D eigenvalue weighted by Crippen LogP contribution is 2.50. The van der Waals surface area contributed by atoms with Crippen molar-refractivity contribution in [2.24, 2.45) is 5.14 Å². The molecule has 2 aliphatic heterocycles. The average molecular weight is 497 g/mol. The van der Waals surface area contributed by atoms with Crippen LogP contribution in [0.15, 0.2) is 48.5 Å². The minimum absolute atomic E-state index is 0. The summed E-state index contributed by atoms with van der Waals surface area (Å²) in [5.41, 5.74) is 0.487. The molecule has 8 nitrogen and oxygen atoms in total. The maximum Gasteiger partial charge on any atom is 0.382 e. The van der Waals surface area contributed by atoms with E-state index in [0.29, 0.717) is 24.2 Å². The number of para-hydroxylation sites is 2. The van der Waals surface area contributed by atoms with Gasteiger partial charge in [0.15, 0.2) is 0 Å². The highest BCUT2D eigenvalue weighted by molar-refractivity contribution is 7.84. The number of nitrogens with zero attached hydrogens (tertiary/aromatic N) is 1. The Labute approximate surface area is 200 Å². The predicted molar refractivity (Wildman–Crippen MR) is 127 cm³/mol. The van der Waals surface area contributed by atoms with E-state index in [0.717, 1.165) is 30.7 Å². The molecule has 2 aliphatic rings. The van der Waals surface area contributed by atoms with Gasteiger partial charge in [0.05, 0.1) is 25.3 Å². The van der Waals surface area contributed by atoms with E-state index in [4.69, 9.17) is 18.8 Å². The fraction of sp³-hybridized carbons (Fsp3) is 0.435. The molecule has 0 aromatic heterocycles. The molecule has 2 atom stereocenters. The van der Waals surface area contributed by atoms with Crippen LogP contribution in [0.4, 0.5) is 5.69 Å². The van der Waals surface area contributed by atoms with Crippen molar-refractivity contribution in [3.05, 3.63) is 54.1 Å². The van der Waals surface area contributed by atoms with Crippen LogP contribution in [-0.2, 0) is 24.7 Å². The molecule has 180 valence electrons. The summed E-state index contributed by atoms with van der Waals surface area (Å²) >= 11 is 0. The number of piperidine rings is 2. The summed E-state index contributed by atoms with van der Waals surface area (Å²) in [4.78, 5) is 15.7. The Morgan fingerprint density at radius 3 is 2.30 bits per heavy atom. The number of halogens is 1. The van der Waals surface area contributed by atoms with Crippen LogP contribution in [0.25, 0.3) is 0 Å². The van der Waals surface area contributed by atoms with Crippen molar-refractivity contribution in [1.82, 2.24) is 0 Å².